The molecule has 9 heteroatoms. The first-order valence-electron chi connectivity index (χ1n) is 6.77. The molecule has 0 saturated carbocycles. The van der Waals surface area contributed by atoms with E-state index >= 15 is 0 Å². The van der Waals surface area contributed by atoms with Crippen LogP contribution in [0.2, 0.25) is 0 Å². The normalized spacial score (nSPS) is 13.8. The first-order valence-corrected chi connectivity index (χ1v) is 8.56. The Morgan fingerprint density at radius 2 is 2.00 bits per heavy atom. The number of nitrogens with two attached hydrogens (primary N) is 3. The molecule has 1 atom stereocenters. The van der Waals surface area contributed by atoms with E-state index in [0.29, 0.717) is 16.3 Å². The van der Waals surface area contributed by atoms with Gasteiger partial charge in [0.2, 0.25) is 0 Å². The number of hydrogen-bond acceptors (Lipinski definition) is 6. The summed E-state index contributed by atoms with van der Waals surface area (Å²) in [6.45, 7) is 1.94. The number of carbonyl (C=O) groups excluding carboxylic acids is 1. The van der Waals surface area contributed by atoms with Gasteiger partial charge in [-0.1, -0.05) is 0 Å². The molecule has 0 saturated heterocycles. The van der Waals surface area contributed by atoms with E-state index in [1.54, 1.807) is 31.2 Å². The van der Waals surface area contributed by atoms with Crippen LogP contribution in [0.25, 0.3) is 5.69 Å². The van der Waals surface area contributed by atoms with Crippen molar-refractivity contribution >= 4 is 21.5 Å². The third kappa shape index (κ3) is 3.77. The van der Waals surface area contributed by atoms with Gasteiger partial charge in [-0.15, -0.1) is 0 Å². The molecule has 0 amide bonds. The zero-order valence-corrected chi connectivity index (χ0v) is 13.5. The van der Waals surface area contributed by atoms with E-state index in [0.717, 1.165) is 0 Å². The van der Waals surface area contributed by atoms with Gasteiger partial charge in [0.1, 0.15) is 0 Å². The van der Waals surface area contributed by atoms with E-state index in [1.165, 1.54) is 10.7 Å². The minimum Gasteiger partial charge on any atom is -0.461 e. The summed E-state index contributed by atoms with van der Waals surface area (Å²) in [6.07, 6.45) is -0.836. The number of hydrogen-bond donors (Lipinski definition) is 3. The topological polar surface area (TPSA) is 139 Å². The van der Waals surface area contributed by atoms with Crippen molar-refractivity contribution in [1.82, 2.24) is 9.78 Å². The largest absolute Gasteiger partial charge is 0.461 e. The van der Waals surface area contributed by atoms with Crippen LogP contribution in [0.15, 0.2) is 35.2 Å². The summed E-state index contributed by atoms with van der Waals surface area (Å²) in [6, 6.07) is 7.90. The Hall–Kier alpha value is -2.20. The van der Waals surface area contributed by atoms with Crippen LogP contribution in [0.5, 0.6) is 0 Å². The zero-order chi connectivity index (χ0) is 17.2. The van der Waals surface area contributed by atoms with Gasteiger partial charge in [-0.2, -0.15) is 5.10 Å². The molecule has 1 heterocycles. The standard InChI is InChI=1S/C14H19N5O3S/c1-3-22-14(20)11-8-12(13(15)16)19(18-11)9-4-6-10(7-5-9)23(2,17)21/h4-8,13H,2-3,15-16H2,1H3,(H2,17,21). The molecule has 0 spiro atoms. The number of ether oxygens (including phenoxy) is 1. The Morgan fingerprint density at radius 1 is 1.39 bits per heavy atom. The molecule has 0 aliphatic carbocycles. The molecule has 2 aromatic rings. The fourth-order valence-corrected chi connectivity index (χ4v) is 2.56. The number of benzene rings is 1. The third-order valence-corrected chi connectivity index (χ3v) is 4.11. The second kappa shape index (κ2) is 6.50. The predicted molar refractivity (Wildman–Crippen MR) is 88.4 cm³/mol. The van der Waals surface area contributed by atoms with Crippen LogP contribution in [0.4, 0.5) is 0 Å². The molecule has 2 rings (SSSR count). The maximum absolute atomic E-state index is 11.8. The van der Waals surface area contributed by atoms with Crippen LogP contribution < -0.4 is 16.6 Å². The van der Waals surface area contributed by atoms with Gasteiger partial charge in [0.05, 0.1) is 33.9 Å². The lowest BCUT2D eigenvalue weighted by molar-refractivity contribution is 0.0519. The van der Waals surface area contributed by atoms with Crippen molar-refractivity contribution in [3.63, 3.8) is 0 Å². The Kier molecular flexibility index (Phi) is 4.85. The average molecular weight is 337 g/mol. The summed E-state index contributed by atoms with van der Waals surface area (Å²) >= 11 is 0. The lowest BCUT2D eigenvalue weighted by Crippen LogP contribution is -2.23. The lowest BCUT2D eigenvalue weighted by atomic mass is 10.3. The van der Waals surface area contributed by atoms with E-state index in [4.69, 9.17) is 21.3 Å². The van der Waals surface area contributed by atoms with Crippen LogP contribution in [-0.2, 0) is 14.4 Å². The molecule has 23 heavy (non-hydrogen) atoms. The van der Waals surface area contributed by atoms with E-state index in [1.807, 2.05) is 0 Å². The van der Waals surface area contributed by atoms with Crippen LogP contribution in [-0.4, -0.2) is 32.4 Å². The summed E-state index contributed by atoms with van der Waals surface area (Å²) < 4.78 is 18.1. The molecule has 0 fully saturated rings. The molecule has 1 aromatic heterocycles. The van der Waals surface area contributed by atoms with Crippen molar-refractivity contribution < 1.29 is 13.7 Å². The molecule has 0 aliphatic heterocycles. The minimum absolute atomic E-state index is 0.103. The molecular formula is C14H19N5O3S. The van der Waals surface area contributed by atoms with Gasteiger partial charge in [0.15, 0.2) is 5.69 Å². The van der Waals surface area contributed by atoms with Crippen molar-refractivity contribution in [1.29, 1.82) is 0 Å². The van der Waals surface area contributed by atoms with E-state index < -0.39 is 21.8 Å². The molecule has 1 unspecified atom stereocenters. The number of carbonyl (C=O) groups is 1. The van der Waals surface area contributed by atoms with Crippen molar-refractivity contribution in [2.24, 2.45) is 16.6 Å². The first kappa shape index (κ1) is 17.2. The molecule has 8 nitrogen and oxygen atoms in total. The van der Waals surface area contributed by atoms with E-state index in [9.17, 15) is 9.00 Å². The second-order valence-corrected chi connectivity index (χ2v) is 6.76. The van der Waals surface area contributed by atoms with Crippen LogP contribution >= 0.6 is 0 Å². The van der Waals surface area contributed by atoms with Crippen molar-refractivity contribution in [3.8, 4) is 5.69 Å². The van der Waals surface area contributed by atoms with Crippen molar-refractivity contribution in [2.45, 2.75) is 18.0 Å². The molecule has 0 radical (unpaired) electrons. The lowest BCUT2D eigenvalue weighted by Gasteiger charge is -2.11. The quantitative estimate of drug-likeness (QED) is 0.396. The molecular weight excluding hydrogens is 318 g/mol. The van der Waals surface area contributed by atoms with Gasteiger partial charge in [0.25, 0.3) is 0 Å². The monoisotopic (exact) mass is 337 g/mol. The molecule has 0 bridgehead atoms. The highest BCUT2D eigenvalue weighted by atomic mass is 32.2. The summed E-state index contributed by atoms with van der Waals surface area (Å²) in [5.74, 6) is 2.86. The van der Waals surface area contributed by atoms with Gasteiger partial charge in [-0.25, -0.2) is 13.7 Å². The second-order valence-electron chi connectivity index (χ2n) is 4.83. The number of rotatable bonds is 5. The maximum Gasteiger partial charge on any atom is 0.358 e. The smallest absolute Gasteiger partial charge is 0.358 e. The highest BCUT2D eigenvalue weighted by molar-refractivity contribution is 7.98. The molecule has 124 valence electrons. The van der Waals surface area contributed by atoms with E-state index in [-0.39, 0.29) is 12.3 Å². The summed E-state index contributed by atoms with van der Waals surface area (Å²) in [7, 11) is -2.80. The fourth-order valence-electron chi connectivity index (χ4n) is 1.96. The number of esters is 1. The molecule has 6 N–H and O–H groups in total. The Morgan fingerprint density at radius 3 is 2.48 bits per heavy atom. The summed E-state index contributed by atoms with van der Waals surface area (Å²) in [5, 5.41) is 9.67. The van der Waals surface area contributed by atoms with Crippen LogP contribution in [0.3, 0.4) is 0 Å². The van der Waals surface area contributed by atoms with Crippen molar-refractivity contribution in [3.05, 3.63) is 41.7 Å². The first-order chi connectivity index (χ1) is 10.7. The Bertz CT molecular complexity index is 809. The zero-order valence-electron chi connectivity index (χ0n) is 12.6. The fraction of sp³-hybridized carbons (Fsp3) is 0.214. The van der Waals surface area contributed by atoms with Crippen LogP contribution in [0, 0.1) is 0 Å². The Balaban J connectivity index is 2.47. The SMILES string of the molecule is C=S(N)(=O)c1ccc(-n2nc(C(=O)OCC)cc2C(N)N)cc1. The average Bonchev–Trinajstić information content (AvgIpc) is 2.92. The highest BCUT2D eigenvalue weighted by Gasteiger charge is 2.18. The van der Waals surface area contributed by atoms with Gasteiger partial charge >= 0.3 is 5.97 Å². The maximum atomic E-state index is 11.8. The van der Waals surface area contributed by atoms with Crippen LogP contribution in [0.1, 0.15) is 29.3 Å². The molecule has 0 aliphatic rings. The van der Waals surface area contributed by atoms with Gasteiger partial charge in [0, 0.05) is 4.90 Å². The van der Waals surface area contributed by atoms with Gasteiger partial charge in [-0.3, -0.25) is 5.14 Å². The van der Waals surface area contributed by atoms with E-state index in [2.05, 4.69) is 11.0 Å². The highest BCUT2D eigenvalue weighted by Crippen LogP contribution is 2.18. The van der Waals surface area contributed by atoms with Gasteiger partial charge in [-0.05, 0) is 43.1 Å². The van der Waals surface area contributed by atoms with Gasteiger partial charge < -0.3 is 16.2 Å². The number of nitrogens with zero attached hydrogens (tertiary/aromatic N) is 2. The summed E-state index contributed by atoms with van der Waals surface area (Å²) in [4.78, 5) is 12.2. The Labute approximate surface area is 134 Å². The number of aromatic nitrogens is 2. The third-order valence-electron chi connectivity index (χ3n) is 3.04. The molecule has 1 aromatic carbocycles. The van der Waals surface area contributed by atoms with Crippen molar-refractivity contribution in [2.75, 3.05) is 6.61 Å². The predicted octanol–water partition coefficient (Wildman–Crippen LogP) is -0.0860. The minimum atomic E-state index is -2.80. The summed E-state index contributed by atoms with van der Waals surface area (Å²) in [5.41, 5.74) is 12.6.